The molecule has 0 bridgehead atoms. The van der Waals surface area contributed by atoms with Gasteiger partial charge in [0, 0.05) is 0 Å². The van der Waals surface area contributed by atoms with Crippen LogP contribution in [0.4, 0.5) is 0 Å². The smallest absolute Gasteiger partial charge is 0.239 e. The molecule has 6 heteroatoms. The first kappa shape index (κ1) is 20.0. The van der Waals surface area contributed by atoms with E-state index in [4.69, 9.17) is 0 Å². The highest BCUT2D eigenvalue weighted by atomic mass is 32.1. The van der Waals surface area contributed by atoms with Crippen molar-refractivity contribution in [3.05, 3.63) is 70.4 Å². The molecule has 0 aliphatic heterocycles. The summed E-state index contributed by atoms with van der Waals surface area (Å²) in [6.45, 7) is 0.532. The van der Waals surface area contributed by atoms with E-state index in [1.807, 2.05) is 53.9 Å². The van der Waals surface area contributed by atoms with E-state index < -0.39 is 0 Å². The lowest BCUT2D eigenvalue weighted by molar-refractivity contribution is -0.890. The Balaban J connectivity index is 1.49. The van der Waals surface area contributed by atoms with E-state index >= 15 is 0 Å². The third kappa shape index (κ3) is 5.18. The first-order chi connectivity index (χ1) is 13.5. The molecule has 3 aromatic rings. The molecule has 0 fully saturated rings. The lowest BCUT2D eigenvalue weighted by atomic mass is 10.0. The average molecular weight is 397 g/mol. The van der Waals surface area contributed by atoms with Crippen LogP contribution in [0, 0.1) is 0 Å². The maximum Gasteiger partial charge on any atom is 0.239 e. The Bertz CT molecular complexity index is 933. The topological polar surface area (TPSA) is 62.6 Å². The maximum atomic E-state index is 12.3. The van der Waals surface area contributed by atoms with Crippen molar-refractivity contribution < 1.29 is 14.5 Å². The first-order valence-electron chi connectivity index (χ1n) is 9.38. The molecule has 1 atom stereocenters. The van der Waals surface area contributed by atoms with Crippen LogP contribution in [-0.4, -0.2) is 39.0 Å². The summed E-state index contributed by atoms with van der Waals surface area (Å²) in [5.41, 5.74) is 0.963. The Morgan fingerprint density at radius 2 is 1.75 bits per heavy atom. The molecule has 3 rings (SSSR count). The quantitative estimate of drug-likeness (QED) is 0.541. The number of hydrogen-bond acceptors (Lipinski definition) is 3. The summed E-state index contributed by atoms with van der Waals surface area (Å²) in [5, 5.41) is 9.88. The summed E-state index contributed by atoms with van der Waals surface area (Å²) in [6.07, 6.45) is 0.258. The van der Waals surface area contributed by atoms with E-state index in [9.17, 15) is 9.59 Å². The largest absolute Gasteiger partial charge is 0.348 e. The Labute approximate surface area is 169 Å². The number of hydrogen-bond donors (Lipinski definition) is 3. The SMILES string of the molecule is C[NH+](C)[C@H](CNC(=O)CNC(=O)Cc1cccc2ccccc12)c1cccs1. The van der Waals surface area contributed by atoms with Gasteiger partial charge in [-0.25, -0.2) is 0 Å². The van der Waals surface area contributed by atoms with Crippen molar-refractivity contribution in [2.24, 2.45) is 0 Å². The summed E-state index contributed by atoms with van der Waals surface area (Å²) in [7, 11) is 4.14. The van der Waals surface area contributed by atoms with Gasteiger partial charge in [0.1, 0.15) is 6.04 Å². The number of amides is 2. The van der Waals surface area contributed by atoms with Crippen LogP contribution in [0.15, 0.2) is 60.0 Å². The number of thiophene rings is 1. The van der Waals surface area contributed by atoms with Crippen LogP contribution >= 0.6 is 11.3 Å². The van der Waals surface area contributed by atoms with Gasteiger partial charge in [-0.05, 0) is 27.8 Å². The van der Waals surface area contributed by atoms with Gasteiger partial charge in [0.05, 0.1) is 38.5 Å². The van der Waals surface area contributed by atoms with Gasteiger partial charge >= 0.3 is 0 Å². The molecular formula is C22H26N3O2S+. The Morgan fingerprint density at radius 1 is 0.964 bits per heavy atom. The highest BCUT2D eigenvalue weighted by Gasteiger charge is 2.19. The molecule has 2 amide bonds. The van der Waals surface area contributed by atoms with Crippen LogP contribution in [0.1, 0.15) is 16.5 Å². The molecular weight excluding hydrogens is 370 g/mol. The molecule has 1 aromatic heterocycles. The van der Waals surface area contributed by atoms with Crippen molar-refractivity contribution in [3.8, 4) is 0 Å². The number of benzene rings is 2. The van der Waals surface area contributed by atoms with Gasteiger partial charge in [-0.15, -0.1) is 11.3 Å². The second-order valence-corrected chi connectivity index (χ2v) is 8.02. The predicted octanol–water partition coefficient (Wildman–Crippen LogP) is 1.56. The van der Waals surface area contributed by atoms with Gasteiger partial charge in [-0.1, -0.05) is 48.5 Å². The van der Waals surface area contributed by atoms with Crippen molar-refractivity contribution in [3.63, 3.8) is 0 Å². The Kier molecular flexibility index (Phi) is 6.79. The van der Waals surface area contributed by atoms with Crippen molar-refractivity contribution in [2.45, 2.75) is 12.5 Å². The highest BCUT2D eigenvalue weighted by molar-refractivity contribution is 7.10. The molecule has 2 aromatic carbocycles. The summed E-state index contributed by atoms with van der Waals surface area (Å²) in [6, 6.07) is 18.2. The summed E-state index contributed by atoms with van der Waals surface area (Å²) in [5.74, 6) is -0.325. The molecule has 0 aliphatic rings. The van der Waals surface area contributed by atoms with Gasteiger partial charge in [0.15, 0.2) is 0 Å². The van der Waals surface area contributed by atoms with Crippen molar-refractivity contribution >= 4 is 33.9 Å². The van der Waals surface area contributed by atoms with E-state index in [0.717, 1.165) is 16.3 Å². The Morgan fingerprint density at radius 3 is 2.50 bits per heavy atom. The minimum absolute atomic E-state index is 0.0104. The lowest BCUT2D eigenvalue weighted by Gasteiger charge is -2.20. The van der Waals surface area contributed by atoms with E-state index in [0.29, 0.717) is 6.54 Å². The molecule has 28 heavy (non-hydrogen) atoms. The van der Waals surface area contributed by atoms with Gasteiger partial charge < -0.3 is 15.5 Å². The van der Waals surface area contributed by atoms with E-state index in [2.05, 4.69) is 30.8 Å². The second-order valence-electron chi connectivity index (χ2n) is 7.04. The molecule has 1 heterocycles. The molecule has 0 radical (unpaired) electrons. The van der Waals surface area contributed by atoms with Crippen LogP contribution < -0.4 is 15.5 Å². The molecule has 3 N–H and O–H groups in total. The van der Waals surface area contributed by atoms with Gasteiger partial charge in [0.2, 0.25) is 11.8 Å². The number of carbonyl (C=O) groups excluding carboxylic acids is 2. The average Bonchev–Trinajstić information content (AvgIpc) is 3.21. The van der Waals surface area contributed by atoms with Gasteiger partial charge in [0.25, 0.3) is 0 Å². The van der Waals surface area contributed by atoms with Gasteiger partial charge in [-0.2, -0.15) is 0 Å². The first-order valence-corrected chi connectivity index (χ1v) is 10.3. The molecule has 0 unspecified atom stereocenters. The number of nitrogens with one attached hydrogen (secondary N) is 3. The van der Waals surface area contributed by atoms with Crippen LogP contribution in [0.3, 0.4) is 0 Å². The zero-order valence-electron chi connectivity index (χ0n) is 16.2. The van der Waals surface area contributed by atoms with E-state index in [1.165, 1.54) is 9.78 Å². The molecule has 146 valence electrons. The van der Waals surface area contributed by atoms with E-state index in [1.54, 1.807) is 11.3 Å². The zero-order chi connectivity index (χ0) is 19.9. The second kappa shape index (κ2) is 9.48. The maximum absolute atomic E-state index is 12.3. The third-order valence-corrected chi connectivity index (χ3v) is 5.75. The molecule has 5 nitrogen and oxygen atoms in total. The van der Waals surface area contributed by atoms with Crippen LogP contribution in [0.5, 0.6) is 0 Å². The fraction of sp³-hybridized carbons (Fsp3) is 0.273. The minimum Gasteiger partial charge on any atom is -0.348 e. The summed E-state index contributed by atoms with van der Waals surface area (Å²) < 4.78 is 0. The predicted molar refractivity (Wildman–Crippen MR) is 114 cm³/mol. The number of rotatable bonds is 8. The van der Waals surface area contributed by atoms with Crippen LogP contribution in [-0.2, 0) is 16.0 Å². The number of carbonyl (C=O) groups is 2. The standard InChI is InChI=1S/C22H25N3O2S/c1-25(2)19(20-11-6-12-28-20)14-23-22(27)15-24-21(26)13-17-9-5-8-16-7-3-4-10-18(16)17/h3-12,19H,13-15H2,1-2H3,(H,23,27)(H,24,26)/p+1/t19-/m1/s1. The summed E-state index contributed by atoms with van der Waals surface area (Å²) >= 11 is 1.69. The Hall–Kier alpha value is -2.70. The fourth-order valence-corrected chi connectivity index (χ4v) is 4.17. The zero-order valence-corrected chi connectivity index (χ0v) is 17.0. The minimum atomic E-state index is -0.172. The van der Waals surface area contributed by atoms with Crippen molar-refractivity contribution in [2.75, 3.05) is 27.2 Å². The number of quaternary nitrogens is 1. The lowest BCUT2D eigenvalue weighted by Crippen LogP contribution is -3.06. The van der Waals surface area contributed by atoms with E-state index in [-0.39, 0.29) is 30.8 Å². The monoisotopic (exact) mass is 396 g/mol. The number of fused-ring (bicyclic) bond motifs is 1. The molecule has 0 saturated heterocycles. The molecule has 0 saturated carbocycles. The third-order valence-electron chi connectivity index (χ3n) is 4.76. The molecule has 0 spiro atoms. The fourth-order valence-electron chi connectivity index (χ4n) is 3.22. The normalized spacial score (nSPS) is 12.1. The van der Waals surface area contributed by atoms with Crippen molar-refractivity contribution in [1.82, 2.24) is 10.6 Å². The van der Waals surface area contributed by atoms with Crippen molar-refractivity contribution in [1.29, 1.82) is 0 Å². The number of likely N-dealkylation sites (N-methyl/N-ethyl adjacent to an activating group) is 1. The summed E-state index contributed by atoms with van der Waals surface area (Å²) in [4.78, 5) is 27.0. The van der Waals surface area contributed by atoms with Crippen LogP contribution in [0.25, 0.3) is 10.8 Å². The van der Waals surface area contributed by atoms with Gasteiger partial charge in [-0.3, -0.25) is 9.59 Å². The van der Waals surface area contributed by atoms with Crippen LogP contribution in [0.2, 0.25) is 0 Å². The highest BCUT2D eigenvalue weighted by Crippen LogP contribution is 2.19. The molecule has 0 aliphatic carbocycles.